The van der Waals surface area contributed by atoms with Crippen molar-refractivity contribution < 1.29 is 49.3 Å². The Morgan fingerprint density at radius 2 is 1.78 bits per heavy atom. The predicted molar refractivity (Wildman–Crippen MR) is 162 cm³/mol. The van der Waals surface area contributed by atoms with Gasteiger partial charge in [-0.15, -0.1) is 0 Å². The van der Waals surface area contributed by atoms with Gasteiger partial charge in [-0.25, -0.2) is 0 Å². The molecule has 2 aliphatic heterocycles. The first kappa shape index (κ1) is 33.5. The lowest BCUT2D eigenvalue weighted by Gasteiger charge is -2.61. The van der Waals surface area contributed by atoms with Crippen molar-refractivity contribution in [2.24, 2.45) is 44.8 Å². The van der Waals surface area contributed by atoms with E-state index in [4.69, 9.17) is 14.2 Å². The number of esters is 1. The molecule has 0 radical (unpaired) electrons. The lowest BCUT2D eigenvalue weighted by Crippen LogP contribution is -2.61. The van der Waals surface area contributed by atoms with E-state index in [9.17, 15) is 35.1 Å². The molecule has 254 valence electrons. The van der Waals surface area contributed by atoms with Crippen LogP contribution in [0.4, 0.5) is 0 Å². The fourth-order valence-electron chi connectivity index (χ4n) is 11.2. The Hall–Kier alpha value is -1.40. The average molecular weight is 635 g/mol. The van der Waals surface area contributed by atoms with Gasteiger partial charge in [-0.05, 0) is 99.2 Å². The van der Waals surface area contributed by atoms with Crippen LogP contribution in [-0.2, 0) is 23.8 Å². The van der Waals surface area contributed by atoms with E-state index in [2.05, 4.69) is 26.8 Å². The lowest BCUT2D eigenvalue weighted by molar-refractivity contribution is -0.300. The Bertz CT molecular complexity index is 1240. The molecule has 0 amide bonds. The zero-order valence-corrected chi connectivity index (χ0v) is 27.9. The van der Waals surface area contributed by atoms with Gasteiger partial charge < -0.3 is 44.5 Å². The summed E-state index contributed by atoms with van der Waals surface area (Å²) in [4.78, 5) is 27.1. The van der Waals surface area contributed by atoms with Crippen LogP contribution >= 0.6 is 0 Å². The molecule has 5 N–H and O–H groups in total. The Morgan fingerprint density at radius 3 is 2.40 bits per heavy atom. The highest BCUT2D eigenvalue weighted by atomic mass is 16.7. The molecule has 0 aromatic heterocycles. The minimum atomic E-state index is -1.41. The highest BCUT2D eigenvalue weighted by Crippen LogP contribution is 2.86. The summed E-state index contributed by atoms with van der Waals surface area (Å²) in [5.74, 6) is -0.816. The molecule has 2 heterocycles. The van der Waals surface area contributed by atoms with E-state index < -0.39 is 65.1 Å². The van der Waals surface area contributed by atoms with Gasteiger partial charge in [-0.2, -0.15) is 0 Å². The molecule has 6 aliphatic rings. The maximum atomic E-state index is 13.8. The largest absolute Gasteiger partial charge is 0.459 e. The van der Waals surface area contributed by atoms with Gasteiger partial charge >= 0.3 is 5.97 Å². The summed E-state index contributed by atoms with van der Waals surface area (Å²) < 4.78 is 17.8. The van der Waals surface area contributed by atoms with E-state index in [0.717, 1.165) is 44.0 Å². The Balaban J connectivity index is 1.26. The van der Waals surface area contributed by atoms with E-state index in [-0.39, 0.29) is 40.8 Å². The molecule has 4 aliphatic carbocycles. The summed E-state index contributed by atoms with van der Waals surface area (Å²) in [6.45, 7) is 13.4. The molecular formula is C35H54O10. The maximum Gasteiger partial charge on any atom is 0.310 e. The zero-order valence-electron chi connectivity index (χ0n) is 27.9. The monoisotopic (exact) mass is 634 g/mol. The number of aliphatic hydroxyl groups is 5. The van der Waals surface area contributed by atoms with Crippen LogP contribution in [0.25, 0.3) is 0 Å². The number of aliphatic hydroxyl groups excluding tert-OH is 4. The maximum absolute atomic E-state index is 13.8. The van der Waals surface area contributed by atoms with E-state index in [0.29, 0.717) is 12.8 Å². The second-order valence-electron chi connectivity index (χ2n) is 17.1. The van der Waals surface area contributed by atoms with Crippen molar-refractivity contribution in [3.05, 3.63) is 11.6 Å². The fraction of sp³-hybridized carbons (Fsp3) is 0.886. The lowest BCUT2D eigenvalue weighted by atomic mass is 9.43. The molecule has 10 nitrogen and oxygen atoms in total. The van der Waals surface area contributed by atoms with Crippen LogP contribution in [0.2, 0.25) is 0 Å². The van der Waals surface area contributed by atoms with Crippen molar-refractivity contribution in [1.29, 1.82) is 0 Å². The Kier molecular flexibility index (Phi) is 7.85. The van der Waals surface area contributed by atoms with Crippen molar-refractivity contribution in [2.75, 3.05) is 6.61 Å². The number of hydrogen-bond donors (Lipinski definition) is 5. The molecule has 0 bridgehead atoms. The summed E-state index contributed by atoms with van der Waals surface area (Å²) in [6, 6.07) is 0. The minimum Gasteiger partial charge on any atom is -0.459 e. The summed E-state index contributed by atoms with van der Waals surface area (Å²) in [5, 5.41) is 51.7. The molecule has 6 rings (SSSR count). The van der Waals surface area contributed by atoms with Crippen molar-refractivity contribution in [3.8, 4) is 0 Å². The first-order valence-electron chi connectivity index (χ1n) is 16.9. The minimum absolute atomic E-state index is 0.00833. The number of hydrogen-bond acceptors (Lipinski definition) is 10. The number of allylic oxidation sites excluding steroid dienone is 2. The van der Waals surface area contributed by atoms with Crippen molar-refractivity contribution in [1.82, 2.24) is 0 Å². The van der Waals surface area contributed by atoms with Crippen molar-refractivity contribution >= 4 is 12.3 Å². The van der Waals surface area contributed by atoms with Crippen LogP contribution in [0.3, 0.4) is 0 Å². The SMILES string of the molecule is CC1CC(C(O)C(C)(C)O)OC(=O)C1C1(C)CCC23CC24CCC(OC2OCC(O)C(O)C2O)C(C)(C)C4CC=C3C1(C)C=O. The number of ether oxygens (including phenoxy) is 3. The number of carbonyl (C=O) groups excluding carboxylic acids is 2. The third-order valence-corrected chi connectivity index (χ3v) is 14.0. The van der Waals surface area contributed by atoms with Crippen LogP contribution in [0.5, 0.6) is 0 Å². The smallest absolute Gasteiger partial charge is 0.310 e. The summed E-state index contributed by atoms with van der Waals surface area (Å²) >= 11 is 0. The van der Waals surface area contributed by atoms with Gasteiger partial charge in [0.05, 0.1) is 29.6 Å². The van der Waals surface area contributed by atoms with Gasteiger partial charge in [0.15, 0.2) is 6.29 Å². The molecule has 45 heavy (non-hydrogen) atoms. The molecule has 2 saturated heterocycles. The second kappa shape index (κ2) is 10.5. The van der Waals surface area contributed by atoms with Gasteiger partial charge in [0.2, 0.25) is 0 Å². The summed E-state index contributed by atoms with van der Waals surface area (Å²) in [7, 11) is 0. The average Bonchev–Trinajstić information content (AvgIpc) is 3.63. The highest BCUT2D eigenvalue weighted by Gasteiger charge is 2.80. The molecule has 14 atom stereocenters. The summed E-state index contributed by atoms with van der Waals surface area (Å²) in [5.41, 5.74) is -2.22. The Labute approximate surface area is 266 Å². The number of aldehydes is 1. The second-order valence-corrected chi connectivity index (χ2v) is 17.1. The van der Waals surface area contributed by atoms with E-state index >= 15 is 0 Å². The molecule has 0 aromatic carbocycles. The van der Waals surface area contributed by atoms with E-state index in [1.54, 1.807) is 0 Å². The molecule has 3 saturated carbocycles. The quantitative estimate of drug-likeness (QED) is 0.167. The number of carbonyl (C=O) groups is 2. The van der Waals surface area contributed by atoms with Crippen LogP contribution in [0.15, 0.2) is 11.6 Å². The van der Waals surface area contributed by atoms with Gasteiger partial charge in [-0.3, -0.25) is 4.79 Å². The van der Waals surface area contributed by atoms with Crippen LogP contribution < -0.4 is 0 Å². The number of cyclic esters (lactones) is 1. The molecule has 2 spiro atoms. The van der Waals surface area contributed by atoms with Crippen molar-refractivity contribution in [2.45, 2.75) is 142 Å². The first-order valence-corrected chi connectivity index (χ1v) is 16.9. The standard InChI is InChI=1S/C35H54O10/c1-18-14-20(27(40)31(4,5)42)44-28(41)24(18)32(6)12-13-35-16-34(35)11-10-23(45-29-26(39)25(38)19(37)15-43-29)30(2,3)21(34)8-9-22(35)33(32,7)17-36/h9,17-21,23-27,29,37-40,42H,8,10-16H2,1-7H3. The van der Waals surface area contributed by atoms with Crippen molar-refractivity contribution in [3.63, 3.8) is 0 Å². The molecular weight excluding hydrogens is 580 g/mol. The van der Waals surface area contributed by atoms with E-state index in [1.807, 2.05) is 13.8 Å². The third-order valence-electron chi connectivity index (χ3n) is 14.0. The van der Waals surface area contributed by atoms with E-state index in [1.165, 1.54) is 13.8 Å². The normalized spacial score (nSPS) is 51.5. The van der Waals surface area contributed by atoms with Crippen LogP contribution in [0.1, 0.15) is 93.4 Å². The van der Waals surface area contributed by atoms with Crippen LogP contribution in [0, 0.1) is 44.8 Å². The van der Waals surface area contributed by atoms with Gasteiger partial charge in [-0.1, -0.05) is 39.3 Å². The molecule has 14 unspecified atom stereocenters. The molecule has 0 aromatic rings. The Morgan fingerprint density at radius 1 is 1.09 bits per heavy atom. The fourth-order valence-corrected chi connectivity index (χ4v) is 11.2. The van der Waals surface area contributed by atoms with Gasteiger partial charge in [0.25, 0.3) is 0 Å². The predicted octanol–water partition coefficient (Wildman–Crippen LogP) is 2.66. The van der Waals surface area contributed by atoms with Gasteiger partial charge in [0.1, 0.15) is 36.8 Å². The zero-order chi connectivity index (χ0) is 33.1. The molecule has 5 fully saturated rings. The summed E-state index contributed by atoms with van der Waals surface area (Å²) in [6.07, 6.45) is 1.67. The highest BCUT2D eigenvalue weighted by molar-refractivity contribution is 5.78. The topological polar surface area (TPSA) is 163 Å². The molecule has 10 heteroatoms. The van der Waals surface area contributed by atoms with Gasteiger partial charge in [0, 0.05) is 0 Å². The third kappa shape index (κ3) is 4.52. The first-order chi connectivity index (χ1) is 20.8. The van der Waals surface area contributed by atoms with Crippen LogP contribution in [-0.4, -0.2) is 92.9 Å². The number of rotatable bonds is 6.